The first-order valence-corrected chi connectivity index (χ1v) is 4.65. The highest BCUT2D eigenvalue weighted by atomic mass is 19.4. The molecule has 0 fully saturated rings. The smallest absolute Gasteiger partial charge is 0.406 e. The Labute approximate surface area is 94.4 Å². The van der Waals surface area contributed by atoms with Gasteiger partial charge >= 0.3 is 6.36 Å². The van der Waals surface area contributed by atoms with E-state index in [0.717, 1.165) is 0 Å². The van der Waals surface area contributed by atoms with Crippen molar-refractivity contribution in [1.29, 1.82) is 0 Å². The van der Waals surface area contributed by atoms with E-state index in [0.29, 0.717) is 11.6 Å². The second kappa shape index (κ2) is 4.36. The normalized spacial score (nSPS) is 11.2. The molecule has 0 aliphatic carbocycles. The van der Waals surface area contributed by atoms with Crippen LogP contribution in [0.4, 0.5) is 24.8 Å². The Morgan fingerprint density at radius 3 is 2.41 bits per heavy atom. The molecule has 0 saturated heterocycles. The highest BCUT2D eigenvalue weighted by molar-refractivity contribution is 5.54. The van der Waals surface area contributed by atoms with Gasteiger partial charge in [-0.05, 0) is 24.3 Å². The Morgan fingerprint density at radius 2 is 1.88 bits per heavy atom. The van der Waals surface area contributed by atoms with Gasteiger partial charge in [0.05, 0.1) is 0 Å². The molecule has 90 valence electrons. The summed E-state index contributed by atoms with van der Waals surface area (Å²) in [5.74, 6) is 0.247. The maximum atomic E-state index is 11.9. The molecule has 0 aliphatic rings. The lowest BCUT2D eigenvalue weighted by Crippen LogP contribution is -2.16. The number of hydrogen-bond acceptors (Lipinski definition) is 3. The molecule has 1 aromatic carbocycles. The van der Waals surface area contributed by atoms with Gasteiger partial charge in [-0.2, -0.15) is 0 Å². The molecule has 7 heteroatoms. The molecule has 17 heavy (non-hydrogen) atoms. The molecule has 1 heterocycles. The second-order valence-electron chi connectivity index (χ2n) is 3.13. The van der Waals surface area contributed by atoms with Gasteiger partial charge in [0.1, 0.15) is 5.75 Å². The highest BCUT2D eigenvalue weighted by Crippen LogP contribution is 2.24. The lowest BCUT2D eigenvalue weighted by molar-refractivity contribution is -0.274. The number of ether oxygens (including phenoxy) is 1. The van der Waals surface area contributed by atoms with Crippen molar-refractivity contribution in [2.45, 2.75) is 6.36 Å². The number of halogens is 3. The van der Waals surface area contributed by atoms with Gasteiger partial charge in [-0.15, -0.1) is 13.2 Å². The first-order valence-electron chi connectivity index (χ1n) is 4.65. The van der Waals surface area contributed by atoms with E-state index in [1.165, 1.54) is 24.3 Å². The van der Waals surface area contributed by atoms with Gasteiger partial charge in [0.15, 0.2) is 0 Å². The molecule has 2 N–H and O–H groups in total. The van der Waals surface area contributed by atoms with Crippen LogP contribution in [0.25, 0.3) is 0 Å². The van der Waals surface area contributed by atoms with E-state index >= 15 is 0 Å². The van der Waals surface area contributed by atoms with E-state index in [1.807, 2.05) is 0 Å². The monoisotopic (exact) mass is 243 g/mol. The van der Waals surface area contributed by atoms with E-state index in [1.54, 1.807) is 12.4 Å². The summed E-state index contributed by atoms with van der Waals surface area (Å²) >= 11 is 0. The Balaban J connectivity index is 2.03. The zero-order valence-electron chi connectivity index (χ0n) is 8.45. The van der Waals surface area contributed by atoms with E-state index in [-0.39, 0.29) is 5.75 Å². The molecule has 0 spiro atoms. The van der Waals surface area contributed by atoms with Gasteiger partial charge in [-0.3, -0.25) is 0 Å². The van der Waals surface area contributed by atoms with Crippen LogP contribution in [0.15, 0.2) is 36.7 Å². The highest BCUT2D eigenvalue weighted by Gasteiger charge is 2.30. The minimum atomic E-state index is -4.67. The Hall–Kier alpha value is -2.18. The summed E-state index contributed by atoms with van der Waals surface area (Å²) in [5.41, 5.74) is 0.606. The number of alkyl halides is 3. The largest absolute Gasteiger partial charge is 0.573 e. The Kier molecular flexibility index (Phi) is 2.90. The van der Waals surface area contributed by atoms with Crippen LogP contribution in [0.3, 0.4) is 0 Å². The number of benzene rings is 1. The van der Waals surface area contributed by atoms with Gasteiger partial charge in [0.25, 0.3) is 0 Å². The quantitative estimate of drug-likeness (QED) is 0.871. The maximum Gasteiger partial charge on any atom is 0.573 e. The van der Waals surface area contributed by atoms with Crippen molar-refractivity contribution in [3.63, 3.8) is 0 Å². The molecule has 0 atom stereocenters. The van der Waals surface area contributed by atoms with Crippen molar-refractivity contribution in [3.05, 3.63) is 36.7 Å². The number of H-pyrrole nitrogens is 1. The number of anilines is 2. The molecular formula is C10H8F3N3O. The Morgan fingerprint density at radius 1 is 1.18 bits per heavy atom. The minimum absolute atomic E-state index is 0.262. The predicted molar refractivity (Wildman–Crippen MR) is 55.0 cm³/mol. The molecular weight excluding hydrogens is 235 g/mol. The van der Waals surface area contributed by atoms with Crippen LogP contribution in [0.5, 0.6) is 5.75 Å². The fourth-order valence-corrected chi connectivity index (χ4v) is 1.21. The van der Waals surface area contributed by atoms with Crippen LogP contribution in [0.2, 0.25) is 0 Å². The third kappa shape index (κ3) is 3.40. The van der Waals surface area contributed by atoms with E-state index < -0.39 is 6.36 Å². The van der Waals surface area contributed by atoms with Crippen LogP contribution >= 0.6 is 0 Å². The molecule has 1 aromatic heterocycles. The fourth-order valence-electron chi connectivity index (χ4n) is 1.21. The van der Waals surface area contributed by atoms with Crippen LogP contribution in [-0.4, -0.2) is 16.3 Å². The standard InChI is InChI=1S/C10H8F3N3O/c11-10(12,13)17-8-3-1-7(2-4-8)16-9-14-5-6-15-9/h1-6H,(H2,14,15,16). The number of aromatic nitrogens is 2. The molecule has 2 aromatic rings. The van der Waals surface area contributed by atoms with Crippen molar-refractivity contribution in [2.24, 2.45) is 0 Å². The molecule has 0 bridgehead atoms. The van der Waals surface area contributed by atoms with Crippen molar-refractivity contribution < 1.29 is 17.9 Å². The summed E-state index contributed by atoms with van der Waals surface area (Å²) in [7, 11) is 0. The van der Waals surface area contributed by atoms with Gasteiger partial charge in [-0.25, -0.2) is 4.98 Å². The summed E-state index contributed by atoms with van der Waals surface area (Å²) in [6.07, 6.45) is -1.48. The molecule has 0 amide bonds. The van der Waals surface area contributed by atoms with Gasteiger partial charge in [0.2, 0.25) is 5.95 Å². The lowest BCUT2D eigenvalue weighted by Gasteiger charge is -2.09. The lowest BCUT2D eigenvalue weighted by atomic mass is 10.3. The van der Waals surface area contributed by atoms with Crippen LogP contribution in [0.1, 0.15) is 0 Å². The van der Waals surface area contributed by atoms with Crippen LogP contribution in [0, 0.1) is 0 Å². The molecule has 0 radical (unpaired) electrons. The van der Waals surface area contributed by atoms with E-state index in [2.05, 4.69) is 20.0 Å². The van der Waals surface area contributed by atoms with Crippen molar-refractivity contribution >= 4 is 11.6 Å². The fraction of sp³-hybridized carbons (Fsp3) is 0.100. The minimum Gasteiger partial charge on any atom is -0.406 e. The summed E-state index contributed by atoms with van der Waals surface area (Å²) in [4.78, 5) is 6.72. The summed E-state index contributed by atoms with van der Waals surface area (Å²) in [6, 6.07) is 5.37. The zero-order valence-corrected chi connectivity index (χ0v) is 8.45. The van der Waals surface area contributed by atoms with Gasteiger partial charge in [0, 0.05) is 18.1 Å². The van der Waals surface area contributed by atoms with Crippen LogP contribution in [-0.2, 0) is 0 Å². The number of imidazole rings is 1. The third-order valence-corrected chi connectivity index (χ3v) is 1.85. The third-order valence-electron chi connectivity index (χ3n) is 1.85. The summed E-state index contributed by atoms with van der Waals surface area (Å²) in [6.45, 7) is 0. The number of nitrogens with one attached hydrogen (secondary N) is 2. The van der Waals surface area contributed by atoms with Crippen molar-refractivity contribution in [1.82, 2.24) is 9.97 Å². The van der Waals surface area contributed by atoms with E-state index in [9.17, 15) is 13.2 Å². The molecule has 2 rings (SSSR count). The molecule has 4 nitrogen and oxygen atoms in total. The SMILES string of the molecule is FC(F)(F)Oc1ccc(Nc2ncc[nH]2)cc1. The molecule has 0 aliphatic heterocycles. The first kappa shape index (κ1) is 11.3. The zero-order chi connectivity index (χ0) is 12.3. The Bertz CT molecular complexity index is 465. The van der Waals surface area contributed by atoms with Crippen molar-refractivity contribution in [2.75, 3.05) is 5.32 Å². The number of rotatable bonds is 3. The van der Waals surface area contributed by atoms with Gasteiger partial charge in [-0.1, -0.05) is 0 Å². The first-order chi connectivity index (χ1) is 8.03. The number of nitrogens with zero attached hydrogens (tertiary/aromatic N) is 1. The maximum absolute atomic E-state index is 11.9. The summed E-state index contributed by atoms with van der Waals surface area (Å²) < 4.78 is 39.4. The van der Waals surface area contributed by atoms with E-state index in [4.69, 9.17) is 0 Å². The molecule has 0 saturated carbocycles. The van der Waals surface area contributed by atoms with Crippen molar-refractivity contribution in [3.8, 4) is 5.75 Å². The number of aromatic amines is 1. The average molecular weight is 243 g/mol. The van der Waals surface area contributed by atoms with Crippen LogP contribution < -0.4 is 10.1 Å². The number of hydrogen-bond donors (Lipinski definition) is 2. The topological polar surface area (TPSA) is 49.9 Å². The second-order valence-corrected chi connectivity index (χ2v) is 3.13. The van der Waals surface area contributed by atoms with Gasteiger partial charge < -0.3 is 15.0 Å². The summed E-state index contributed by atoms with van der Waals surface area (Å²) in [5, 5.41) is 2.87. The predicted octanol–water partition coefficient (Wildman–Crippen LogP) is 3.05. The average Bonchev–Trinajstić information content (AvgIpc) is 2.71. The molecule has 0 unspecified atom stereocenters.